The summed E-state index contributed by atoms with van der Waals surface area (Å²) in [6, 6.07) is 13.4. The second-order valence-corrected chi connectivity index (χ2v) is 7.89. The molecule has 1 aliphatic heterocycles. The first kappa shape index (κ1) is 20.9. The van der Waals surface area contributed by atoms with E-state index < -0.39 is 17.9 Å². The Balaban J connectivity index is 1.88. The van der Waals surface area contributed by atoms with Crippen LogP contribution >= 0.6 is 24.0 Å². The van der Waals surface area contributed by atoms with Crippen molar-refractivity contribution in [1.29, 1.82) is 0 Å². The summed E-state index contributed by atoms with van der Waals surface area (Å²) in [4.78, 5) is 26.4. The molecule has 1 fully saturated rings. The van der Waals surface area contributed by atoms with Gasteiger partial charge < -0.3 is 14.6 Å². The van der Waals surface area contributed by atoms with Gasteiger partial charge in [0.2, 0.25) is 0 Å². The molecule has 2 aromatic carbocycles. The van der Waals surface area contributed by atoms with Crippen LogP contribution in [0.4, 0.5) is 0 Å². The maximum Gasteiger partial charge on any atom is 0.327 e. The van der Waals surface area contributed by atoms with Crippen LogP contribution in [0.1, 0.15) is 11.1 Å². The zero-order chi connectivity index (χ0) is 21.0. The maximum absolute atomic E-state index is 13.0. The lowest BCUT2D eigenvalue weighted by molar-refractivity contribution is -0.145. The van der Waals surface area contributed by atoms with Crippen LogP contribution in [-0.2, 0) is 16.0 Å². The molecule has 29 heavy (non-hydrogen) atoms. The van der Waals surface area contributed by atoms with Gasteiger partial charge in [0.05, 0.1) is 19.1 Å². The van der Waals surface area contributed by atoms with Crippen LogP contribution in [0, 0.1) is 0 Å². The van der Waals surface area contributed by atoms with E-state index in [1.807, 2.05) is 30.3 Å². The van der Waals surface area contributed by atoms with Gasteiger partial charge in [-0.1, -0.05) is 60.4 Å². The first-order valence-corrected chi connectivity index (χ1v) is 9.93. The molecule has 2 aromatic rings. The van der Waals surface area contributed by atoms with Crippen molar-refractivity contribution in [2.75, 3.05) is 14.2 Å². The fourth-order valence-corrected chi connectivity index (χ4v) is 4.33. The third-order valence-corrected chi connectivity index (χ3v) is 5.73. The molecule has 1 unspecified atom stereocenters. The number of methoxy groups -OCH3 is 2. The topological polar surface area (TPSA) is 76.1 Å². The Hall–Kier alpha value is -2.84. The van der Waals surface area contributed by atoms with E-state index in [0.29, 0.717) is 16.4 Å². The number of amides is 1. The van der Waals surface area contributed by atoms with Crippen molar-refractivity contribution >= 4 is 46.3 Å². The number of benzene rings is 2. The second-order valence-electron chi connectivity index (χ2n) is 6.21. The molecule has 3 rings (SSSR count). The number of carbonyl (C=O) groups excluding carboxylic acids is 1. The summed E-state index contributed by atoms with van der Waals surface area (Å²) in [7, 11) is 3.07. The number of carboxylic acid groups (broad SMARTS) is 1. The Morgan fingerprint density at radius 3 is 2.48 bits per heavy atom. The van der Waals surface area contributed by atoms with E-state index in [2.05, 4.69) is 0 Å². The van der Waals surface area contributed by atoms with Gasteiger partial charge >= 0.3 is 5.97 Å². The summed E-state index contributed by atoms with van der Waals surface area (Å²) in [5.41, 5.74) is 1.54. The smallest absolute Gasteiger partial charge is 0.327 e. The number of rotatable bonds is 7. The first-order valence-electron chi connectivity index (χ1n) is 8.70. The molecular formula is C21H19NO5S2. The van der Waals surface area contributed by atoms with Gasteiger partial charge in [-0.3, -0.25) is 9.69 Å². The summed E-state index contributed by atoms with van der Waals surface area (Å²) in [5.74, 6) is -0.411. The van der Waals surface area contributed by atoms with E-state index in [0.717, 1.165) is 22.9 Å². The Labute approximate surface area is 178 Å². The lowest BCUT2D eigenvalue weighted by Crippen LogP contribution is -2.45. The van der Waals surface area contributed by atoms with Gasteiger partial charge in [-0.15, -0.1) is 0 Å². The molecule has 150 valence electrons. The molecule has 6 nitrogen and oxygen atoms in total. The monoisotopic (exact) mass is 429 g/mol. The van der Waals surface area contributed by atoms with Crippen molar-refractivity contribution < 1.29 is 24.2 Å². The van der Waals surface area contributed by atoms with Crippen LogP contribution < -0.4 is 9.47 Å². The molecular weight excluding hydrogens is 410 g/mol. The Kier molecular flexibility index (Phi) is 6.56. The molecule has 0 spiro atoms. The standard InChI is InChI=1S/C21H19NO5S2/c1-26-16-9-8-14(11-17(16)27-2)12-18-19(23)22(21(28)29-18)15(20(24)25)10-13-6-4-3-5-7-13/h3-9,11-12,15H,10H2,1-2H3,(H,24,25)/b18-12-. The van der Waals surface area contributed by atoms with E-state index in [1.165, 1.54) is 12.0 Å². The average molecular weight is 430 g/mol. The van der Waals surface area contributed by atoms with Gasteiger partial charge in [0.25, 0.3) is 5.91 Å². The number of ether oxygens (including phenoxy) is 2. The van der Waals surface area contributed by atoms with Gasteiger partial charge in [-0.2, -0.15) is 0 Å². The molecule has 0 radical (unpaired) electrons. The number of carbonyl (C=O) groups is 2. The third-order valence-electron chi connectivity index (χ3n) is 4.40. The van der Waals surface area contributed by atoms with Crippen LogP contribution in [0.25, 0.3) is 6.08 Å². The number of hydrogen-bond acceptors (Lipinski definition) is 6. The predicted molar refractivity (Wildman–Crippen MR) is 116 cm³/mol. The summed E-state index contributed by atoms with van der Waals surface area (Å²) < 4.78 is 10.7. The van der Waals surface area contributed by atoms with E-state index in [4.69, 9.17) is 21.7 Å². The highest BCUT2D eigenvalue weighted by Crippen LogP contribution is 2.36. The highest BCUT2D eigenvalue weighted by atomic mass is 32.2. The second kappa shape index (κ2) is 9.11. The first-order chi connectivity index (χ1) is 13.9. The molecule has 1 amide bonds. The Morgan fingerprint density at radius 1 is 1.17 bits per heavy atom. The minimum absolute atomic E-state index is 0.173. The number of thioether (sulfide) groups is 1. The summed E-state index contributed by atoms with van der Waals surface area (Å²) >= 11 is 6.42. The average Bonchev–Trinajstić information content (AvgIpc) is 2.99. The summed E-state index contributed by atoms with van der Waals surface area (Å²) in [6.07, 6.45) is 1.84. The Morgan fingerprint density at radius 2 is 1.86 bits per heavy atom. The van der Waals surface area contributed by atoms with Crippen molar-refractivity contribution in [3.63, 3.8) is 0 Å². The van der Waals surface area contributed by atoms with Gasteiger partial charge in [0.15, 0.2) is 11.5 Å². The van der Waals surface area contributed by atoms with E-state index in [1.54, 1.807) is 31.4 Å². The molecule has 0 aliphatic carbocycles. The molecule has 8 heteroatoms. The molecule has 0 saturated carbocycles. The van der Waals surface area contributed by atoms with Crippen LogP contribution in [0.5, 0.6) is 11.5 Å². The molecule has 1 saturated heterocycles. The van der Waals surface area contributed by atoms with Crippen LogP contribution in [0.15, 0.2) is 53.4 Å². The molecule has 0 aromatic heterocycles. The fourth-order valence-electron chi connectivity index (χ4n) is 2.97. The number of thiocarbonyl (C=S) groups is 1. The minimum atomic E-state index is -1.10. The molecule has 1 aliphatic rings. The SMILES string of the molecule is COc1ccc(/C=C2\SC(=S)N(C(Cc3ccccc3)C(=O)O)C2=O)cc1OC. The molecule has 0 bridgehead atoms. The molecule has 1 heterocycles. The van der Waals surface area contributed by atoms with Crippen LogP contribution in [-0.4, -0.2) is 46.5 Å². The van der Waals surface area contributed by atoms with Crippen molar-refractivity contribution in [2.45, 2.75) is 12.5 Å². The highest BCUT2D eigenvalue weighted by molar-refractivity contribution is 8.26. The number of hydrogen-bond donors (Lipinski definition) is 1. The molecule has 1 N–H and O–H groups in total. The minimum Gasteiger partial charge on any atom is -0.493 e. The van der Waals surface area contributed by atoms with Crippen molar-refractivity contribution in [1.82, 2.24) is 4.90 Å². The summed E-state index contributed by atoms with van der Waals surface area (Å²) in [5, 5.41) is 9.72. The number of aliphatic carboxylic acids is 1. The largest absolute Gasteiger partial charge is 0.493 e. The van der Waals surface area contributed by atoms with Crippen molar-refractivity contribution in [3.8, 4) is 11.5 Å². The Bertz CT molecular complexity index is 974. The normalized spacial score (nSPS) is 16.2. The maximum atomic E-state index is 13.0. The van der Waals surface area contributed by atoms with E-state index >= 15 is 0 Å². The zero-order valence-corrected chi connectivity index (χ0v) is 17.5. The predicted octanol–water partition coefficient (Wildman–Crippen LogP) is 3.60. The van der Waals surface area contributed by atoms with Gasteiger partial charge in [0.1, 0.15) is 10.4 Å². The van der Waals surface area contributed by atoms with Gasteiger partial charge in [-0.05, 0) is 29.3 Å². The van der Waals surface area contributed by atoms with Crippen molar-refractivity contribution in [3.05, 3.63) is 64.6 Å². The van der Waals surface area contributed by atoms with E-state index in [9.17, 15) is 14.7 Å². The van der Waals surface area contributed by atoms with E-state index in [-0.39, 0.29) is 10.7 Å². The highest BCUT2D eigenvalue weighted by Gasteiger charge is 2.40. The van der Waals surface area contributed by atoms with Crippen LogP contribution in [0.2, 0.25) is 0 Å². The quantitative estimate of drug-likeness (QED) is 0.532. The lowest BCUT2D eigenvalue weighted by Gasteiger charge is -2.23. The van der Waals surface area contributed by atoms with Gasteiger partial charge in [-0.25, -0.2) is 4.79 Å². The van der Waals surface area contributed by atoms with Gasteiger partial charge in [0, 0.05) is 6.42 Å². The van der Waals surface area contributed by atoms with Crippen molar-refractivity contribution in [2.24, 2.45) is 0 Å². The number of carboxylic acids is 1. The molecule has 1 atom stereocenters. The fraction of sp³-hybridized carbons (Fsp3) is 0.190. The third kappa shape index (κ3) is 4.60. The van der Waals surface area contributed by atoms with Crippen LogP contribution in [0.3, 0.4) is 0 Å². The summed E-state index contributed by atoms with van der Waals surface area (Å²) in [6.45, 7) is 0. The number of nitrogens with zero attached hydrogens (tertiary/aromatic N) is 1. The lowest BCUT2D eigenvalue weighted by atomic mass is 10.0. The zero-order valence-electron chi connectivity index (χ0n) is 15.8.